The molecule has 9 nitrogen and oxygen atoms in total. The fraction of sp³-hybridized carbons (Fsp3) is 0.250. The van der Waals surface area contributed by atoms with Crippen molar-refractivity contribution in [2.45, 2.75) is 13.0 Å². The number of amides is 1. The minimum absolute atomic E-state index is 0.0720. The summed E-state index contributed by atoms with van der Waals surface area (Å²) in [6.45, 7) is 1.61. The Morgan fingerprint density at radius 3 is 2.49 bits per heavy atom. The fourth-order valence-electron chi connectivity index (χ4n) is 5.12. The Labute approximate surface area is 213 Å². The Kier molecular flexibility index (Phi) is 5.57. The first kappa shape index (κ1) is 23.1. The topological polar surface area (TPSA) is 94.9 Å². The van der Waals surface area contributed by atoms with Crippen molar-refractivity contribution in [3.63, 3.8) is 0 Å². The second kappa shape index (κ2) is 8.94. The molecule has 0 bridgehead atoms. The van der Waals surface area contributed by atoms with Gasteiger partial charge >= 0.3 is 0 Å². The molecule has 3 heterocycles. The van der Waals surface area contributed by atoms with Crippen molar-refractivity contribution < 1.29 is 19.0 Å². The van der Waals surface area contributed by atoms with Crippen molar-refractivity contribution in [1.82, 2.24) is 14.7 Å². The summed E-state index contributed by atoms with van der Waals surface area (Å²) in [5.41, 5.74) is 4.47. The summed E-state index contributed by atoms with van der Waals surface area (Å²) in [7, 11) is 5.31. The molecule has 0 unspecified atom stereocenters. The van der Waals surface area contributed by atoms with Crippen molar-refractivity contribution in [2.24, 2.45) is 7.05 Å². The van der Waals surface area contributed by atoms with Gasteiger partial charge < -0.3 is 24.4 Å². The van der Waals surface area contributed by atoms with Gasteiger partial charge in [-0.05, 0) is 37.2 Å². The number of aryl methyl sites for hydroxylation is 1. The van der Waals surface area contributed by atoms with E-state index in [-0.39, 0.29) is 18.3 Å². The molecule has 0 radical (unpaired) electrons. The van der Waals surface area contributed by atoms with E-state index in [0.29, 0.717) is 46.1 Å². The van der Waals surface area contributed by atoms with Gasteiger partial charge in [0.05, 0.1) is 23.9 Å². The predicted octanol–water partition coefficient (Wildman–Crippen LogP) is 3.58. The Morgan fingerprint density at radius 2 is 1.73 bits per heavy atom. The molecule has 9 heteroatoms. The van der Waals surface area contributed by atoms with Crippen LogP contribution >= 0.6 is 0 Å². The van der Waals surface area contributed by atoms with Gasteiger partial charge in [0.2, 0.25) is 12.5 Å². The highest BCUT2D eigenvalue weighted by molar-refractivity contribution is 6.06. The number of rotatable bonds is 4. The van der Waals surface area contributed by atoms with Gasteiger partial charge in [0.25, 0.3) is 11.5 Å². The number of fused-ring (bicyclic) bond motifs is 3. The van der Waals surface area contributed by atoms with Gasteiger partial charge in [-0.1, -0.05) is 30.3 Å². The van der Waals surface area contributed by atoms with Gasteiger partial charge in [0, 0.05) is 42.2 Å². The number of nitrogens with zero attached hydrogens (tertiary/aromatic N) is 3. The highest BCUT2D eigenvalue weighted by Gasteiger charge is 2.33. The number of hydrogen-bond acceptors (Lipinski definition) is 7. The Hall–Kier alpha value is -4.37. The number of methoxy groups -OCH3 is 1. The maximum absolute atomic E-state index is 13.4. The molecule has 37 heavy (non-hydrogen) atoms. The van der Waals surface area contributed by atoms with Crippen LogP contribution in [0.15, 0.2) is 53.3 Å². The third-order valence-corrected chi connectivity index (χ3v) is 6.98. The summed E-state index contributed by atoms with van der Waals surface area (Å²) in [5, 5.41) is 8.93. The SMILES string of the molecule is COc1c2c(c(NC(=O)c3ccc(-c4nn(C)c(=O)c5ccccc45)cc3)c3c1OCO3)CCN(C)C2. The first-order chi connectivity index (χ1) is 18.0. The number of hydrogen-bond donors (Lipinski definition) is 1. The van der Waals surface area contributed by atoms with Crippen LogP contribution in [0.1, 0.15) is 21.5 Å². The molecular weight excluding hydrogens is 472 g/mol. The van der Waals surface area contributed by atoms with Gasteiger partial charge in [-0.3, -0.25) is 9.59 Å². The van der Waals surface area contributed by atoms with Crippen LogP contribution in [-0.2, 0) is 20.0 Å². The summed E-state index contributed by atoms with van der Waals surface area (Å²) in [6, 6.07) is 14.6. The van der Waals surface area contributed by atoms with Gasteiger partial charge in [-0.2, -0.15) is 5.10 Å². The highest BCUT2D eigenvalue weighted by atomic mass is 16.7. The third kappa shape index (κ3) is 3.79. The number of ether oxygens (including phenoxy) is 3. The van der Waals surface area contributed by atoms with Crippen LogP contribution in [0, 0.1) is 0 Å². The van der Waals surface area contributed by atoms with Crippen LogP contribution in [0.5, 0.6) is 17.2 Å². The Bertz CT molecular complexity index is 1610. The number of aromatic nitrogens is 2. The average molecular weight is 499 g/mol. The molecule has 0 saturated heterocycles. The maximum atomic E-state index is 13.4. The van der Waals surface area contributed by atoms with E-state index in [9.17, 15) is 9.59 Å². The average Bonchev–Trinajstić information content (AvgIpc) is 3.40. The van der Waals surface area contributed by atoms with Crippen molar-refractivity contribution in [1.29, 1.82) is 0 Å². The number of nitrogens with one attached hydrogen (secondary N) is 1. The smallest absolute Gasteiger partial charge is 0.274 e. The standard InChI is InChI=1S/C28H26N4O5/c1-31-13-12-19-21(14-31)24(35-3)26-25(36-15-37-26)23(19)29-27(33)17-10-8-16(9-11-17)22-18-6-4-5-7-20(18)28(34)32(2)30-22/h4-11H,12-15H2,1-3H3,(H,29,33). The van der Waals surface area contributed by atoms with Crippen LogP contribution in [0.2, 0.25) is 0 Å². The van der Waals surface area contributed by atoms with E-state index in [1.807, 2.05) is 30.3 Å². The van der Waals surface area contributed by atoms with E-state index in [1.165, 1.54) is 4.68 Å². The monoisotopic (exact) mass is 498 g/mol. The van der Waals surface area contributed by atoms with Gasteiger partial charge in [0.1, 0.15) is 0 Å². The van der Waals surface area contributed by atoms with Crippen molar-refractivity contribution in [3.8, 4) is 28.5 Å². The number of likely N-dealkylation sites (N-methyl/N-ethyl adjacent to an activating group) is 1. The van der Waals surface area contributed by atoms with Crippen LogP contribution in [-0.4, -0.2) is 48.1 Å². The van der Waals surface area contributed by atoms with Crippen molar-refractivity contribution >= 4 is 22.4 Å². The lowest BCUT2D eigenvalue weighted by molar-refractivity contribution is 0.102. The first-order valence-electron chi connectivity index (χ1n) is 12.0. The summed E-state index contributed by atoms with van der Waals surface area (Å²) in [5.74, 6) is 1.43. The van der Waals surface area contributed by atoms with Crippen LogP contribution in [0.3, 0.4) is 0 Å². The molecule has 0 aliphatic carbocycles. The minimum atomic E-state index is -0.256. The molecule has 0 spiro atoms. The quantitative estimate of drug-likeness (QED) is 0.460. The number of anilines is 1. The molecule has 0 atom stereocenters. The van der Waals surface area contributed by atoms with E-state index >= 15 is 0 Å². The lowest BCUT2D eigenvalue weighted by atomic mass is 9.95. The Balaban J connectivity index is 1.35. The largest absolute Gasteiger partial charge is 0.492 e. The minimum Gasteiger partial charge on any atom is -0.492 e. The molecule has 0 saturated carbocycles. The molecule has 188 valence electrons. The molecule has 2 aliphatic heterocycles. The first-order valence-corrected chi connectivity index (χ1v) is 12.0. The molecule has 1 aromatic heterocycles. The zero-order valence-corrected chi connectivity index (χ0v) is 20.8. The number of carbonyl (C=O) groups excluding carboxylic acids is 1. The number of carbonyl (C=O) groups is 1. The molecular formula is C28H26N4O5. The van der Waals surface area contributed by atoms with Crippen LogP contribution in [0.25, 0.3) is 22.0 Å². The zero-order chi connectivity index (χ0) is 25.7. The molecule has 6 rings (SSSR count). The lowest BCUT2D eigenvalue weighted by Crippen LogP contribution is -2.28. The van der Waals surface area contributed by atoms with E-state index in [2.05, 4.69) is 22.4 Å². The summed E-state index contributed by atoms with van der Waals surface area (Å²) >= 11 is 0. The fourth-order valence-corrected chi connectivity index (χ4v) is 5.12. The Morgan fingerprint density at radius 1 is 1.00 bits per heavy atom. The van der Waals surface area contributed by atoms with E-state index in [0.717, 1.165) is 35.0 Å². The maximum Gasteiger partial charge on any atom is 0.274 e. The molecule has 0 fully saturated rings. The van der Waals surface area contributed by atoms with E-state index < -0.39 is 0 Å². The van der Waals surface area contributed by atoms with E-state index in [1.54, 1.807) is 32.4 Å². The molecule has 1 amide bonds. The second-order valence-electron chi connectivity index (χ2n) is 9.27. The lowest BCUT2D eigenvalue weighted by Gasteiger charge is -2.29. The van der Waals surface area contributed by atoms with E-state index in [4.69, 9.17) is 14.2 Å². The molecule has 1 N–H and O–H groups in total. The van der Waals surface area contributed by atoms with Gasteiger partial charge in [-0.25, -0.2) is 4.68 Å². The van der Waals surface area contributed by atoms with Crippen molar-refractivity contribution in [2.75, 3.05) is 32.8 Å². The highest BCUT2D eigenvalue weighted by Crippen LogP contribution is 2.52. The summed E-state index contributed by atoms with van der Waals surface area (Å²) in [4.78, 5) is 28.1. The second-order valence-corrected chi connectivity index (χ2v) is 9.27. The molecule has 4 aromatic rings. The van der Waals surface area contributed by atoms with Crippen LogP contribution in [0.4, 0.5) is 5.69 Å². The predicted molar refractivity (Wildman–Crippen MR) is 140 cm³/mol. The third-order valence-electron chi connectivity index (χ3n) is 6.98. The molecule has 2 aliphatic rings. The van der Waals surface area contributed by atoms with Crippen molar-refractivity contribution in [3.05, 3.63) is 75.6 Å². The molecule has 3 aromatic carbocycles. The summed E-state index contributed by atoms with van der Waals surface area (Å²) < 4.78 is 18.5. The zero-order valence-electron chi connectivity index (χ0n) is 20.8. The van der Waals surface area contributed by atoms with Gasteiger partial charge in [-0.15, -0.1) is 0 Å². The van der Waals surface area contributed by atoms with Crippen LogP contribution < -0.4 is 25.1 Å². The summed E-state index contributed by atoms with van der Waals surface area (Å²) in [6.07, 6.45) is 0.749. The normalized spacial score (nSPS) is 14.5. The van der Waals surface area contributed by atoms with Gasteiger partial charge in [0.15, 0.2) is 11.5 Å². The number of benzene rings is 3.